The van der Waals surface area contributed by atoms with Gasteiger partial charge in [-0.3, -0.25) is 19.7 Å². The van der Waals surface area contributed by atoms with Gasteiger partial charge in [-0.25, -0.2) is 0 Å². The maximum Gasteiger partial charge on any atom is 0.270 e. The van der Waals surface area contributed by atoms with Crippen LogP contribution in [0.5, 0.6) is 5.75 Å². The monoisotopic (exact) mass is 424 g/mol. The van der Waals surface area contributed by atoms with E-state index in [1.54, 1.807) is 55.5 Å². The molecule has 1 N–H and O–H groups in total. The topological polar surface area (TPSA) is 98.5 Å². The van der Waals surface area contributed by atoms with E-state index in [0.29, 0.717) is 22.0 Å². The molecular weight excluding hydrogens is 408 g/mol. The molecule has 0 aromatic heterocycles. The molecule has 0 saturated carbocycles. The van der Waals surface area contributed by atoms with E-state index in [2.05, 4.69) is 5.32 Å². The summed E-state index contributed by atoms with van der Waals surface area (Å²) in [6.45, 7) is 1.64. The van der Waals surface area contributed by atoms with E-state index >= 15 is 0 Å². The number of hydrogen-bond donors (Lipinski definition) is 1. The average Bonchev–Trinajstić information content (AvgIpc) is 2.74. The summed E-state index contributed by atoms with van der Waals surface area (Å²) in [5.41, 5.74) is 0.943. The number of nitro benzene ring substituents is 1. The van der Waals surface area contributed by atoms with E-state index in [4.69, 9.17) is 16.3 Å². The third-order valence-corrected chi connectivity index (χ3v) is 4.46. The summed E-state index contributed by atoms with van der Waals surface area (Å²) < 4.78 is 5.68. The fourth-order valence-corrected chi connectivity index (χ4v) is 2.91. The van der Waals surface area contributed by atoms with Gasteiger partial charge >= 0.3 is 0 Å². The number of nitrogens with zero attached hydrogens (tertiary/aromatic N) is 1. The fourth-order valence-electron chi connectivity index (χ4n) is 2.71. The van der Waals surface area contributed by atoms with Crippen molar-refractivity contribution >= 4 is 34.7 Å². The summed E-state index contributed by atoms with van der Waals surface area (Å²) in [5.74, 6) is -0.233. The zero-order valence-corrected chi connectivity index (χ0v) is 16.6. The van der Waals surface area contributed by atoms with Crippen LogP contribution < -0.4 is 10.1 Å². The minimum Gasteiger partial charge on any atom is -0.483 e. The number of halogens is 1. The summed E-state index contributed by atoms with van der Waals surface area (Å²) in [6, 6.07) is 18.5. The van der Waals surface area contributed by atoms with Crippen LogP contribution >= 0.6 is 11.6 Å². The van der Waals surface area contributed by atoms with Crippen LogP contribution in [0.4, 0.5) is 11.4 Å². The quantitative estimate of drug-likeness (QED) is 0.321. The number of ether oxygens (including phenoxy) is 1. The first-order valence-corrected chi connectivity index (χ1v) is 9.33. The number of carbonyl (C=O) groups is 2. The summed E-state index contributed by atoms with van der Waals surface area (Å²) in [4.78, 5) is 35.0. The van der Waals surface area contributed by atoms with Crippen molar-refractivity contribution in [3.63, 3.8) is 0 Å². The van der Waals surface area contributed by atoms with Gasteiger partial charge in [-0.2, -0.15) is 0 Å². The largest absolute Gasteiger partial charge is 0.483 e. The molecule has 0 fully saturated rings. The zero-order chi connectivity index (χ0) is 21.7. The van der Waals surface area contributed by atoms with Gasteiger partial charge in [0.25, 0.3) is 11.6 Å². The number of hydrogen-bond acceptors (Lipinski definition) is 5. The molecule has 0 aliphatic rings. The highest BCUT2D eigenvalue weighted by molar-refractivity contribution is 6.31. The minimum atomic E-state index is -0.728. The van der Waals surface area contributed by atoms with Crippen LogP contribution in [0, 0.1) is 10.1 Å². The van der Waals surface area contributed by atoms with Gasteiger partial charge < -0.3 is 10.1 Å². The maximum absolute atomic E-state index is 12.5. The molecule has 7 nitrogen and oxygen atoms in total. The standard InChI is InChI=1S/C22H17ClN2O5/c1-14(21(26)15-4-2-6-17(23)12-15)30-20-10-8-18(9-11-20)24-22(27)16-5-3-7-19(13-16)25(28)29/h2-14H,1H3,(H,24,27)/t14-/m1/s1. The number of ketones is 1. The summed E-state index contributed by atoms with van der Waals surface area (Å²) in [7, 11) is 0. The molecule has 0 heterocycles. The number of amides is 1. The summed E-state index contributed by atoms with van der Waals surface area (Å²) in [5, 5.41) is 14.0. The van der Waals surface area contributed by atoms with Gasteiger partial charge in [0.1, 0.15) is 5.75 Å². The van der Waals surface area contributed by atoms with Crippen LogP contribution in [0.2, 0.25) is 5.02 Å². The van der Waals surface area contributed by atoms with Gasteiger partial charge in [-0.1, -0.05) is 29.8 Å². The highest BCUT2D eigenvalue weighted by atomic mass is 35.5. The molecule has 0 radical (unpaired) electrons. The molecule has 0 aliphatic heterocycles. The van der Waals surface area contributed by atoms with Gasteiger partial charge in [-0.05, 0) is 49.4 Å². The Balaban J connectivity index is 1.63. The third-order valence-electron chi connectivity index (χ3n) is 4.22. The van der Waals surface area contributed by atoms with Crippen molar-refractivity contribution in [3.05, 3.63) is 99.1 Å². The van der Waals surface area contributed by atoms with Gasteiger partial charge in [0.15, 0.2) is 6.10 Å². The highest BCUT2D eigenvalue weighted by Gasteiger charge is 2.17. The molecule has 1 atom stereocenters. The van der Waals surface area contributed by atoms with Gasteiger partial charge in [0, 0.05) is 34.0 Å². The Bertz CT molecular complexity index is 1100. The van der Waals surface area contributed by atoms with Crippen molar-refractivity contribution in [2.24, 2.45) is 0 Å². The number of carbonyl (C=O) groups excluding carboxylic acids is 2. The molecule has 8 heteroatoms. The Hall–Kier alpha value is -3.71. The second-order valence-corrected chi connectivity index (χ2v) is 6.86. The number of benzene rings is 3. The third kappa shape index (κ3) is 5.21. The molecule has 3 rings (SSSR count). The molecule has 0 saturated heterocycles. The van der Waals surface area contributed by atoms with Crippen molar-refractivity contribution in [1.82, 2.24) is 0 Å². The first kappa shape index (κ1) is 21.0. The number of nitrogens with one attached hydrogen (secondary N) is 1. The molecule has 0 aliphatic carbocycles. The lowest BCUT2D eigenvalue weighted by Crippen LogP contribution is -2.23. The summed E-state index contributed by atoms with van der Waals surface area (Å²) in [6.07, 6.45) is -0.728. The first-order chi connectivity index (χ1) is 14.3. The number of nitro groups is 1. The maximum atomic E-state index is 12.5. The van der Waals surface area contributed by atoms with E-state index in [1.807, 2.05) is 0 Å². The van der Waals surface area contributed by atoms with Crippen LogP contribution in [0.3, 0.4) is 0 Å². The predicted octanol–water partition coefficient (Wildman–Crippen LogP) is 5.15. The Morgan fingerprint density at radius 1 is 1.00 bits per heavy atom. The zero-order valence-electron chi connectivity index (χ0n) is 15.9. The highest BCUT2D eigenvalue weighted by Crippen LogP contribution is 2.20. The van der Waals surface area contributed by atoms with Gasteiger partial charge in [-0.15, -0.1) is 0 Å². The van der Waals surface area contributed by atoms with Crippen molar-refractivity contribution in [2.45, 2.75) is 13.0 Å². The Morgan fingerprint density at radius 3 is 2.33 bits per heavy atom. The van der Waals surface area contributed by atoms with Crippen LogP contribution in [0.15, 0.2) is 72.8 Å². The smallest absolute Gasteiger partial charge is 0.270 e. The number of Topliss-reactive ketones (excluding diaryl/α,β-unsaturated/α-hetero) is 1. The number of non-ortho nitro benzene ring substituents is 1. The van der Waals surface area contributed by atoms with Gasteiger partial charge in [0.2, 0.25) is 5.78 Å². The number of anilines is 1. The Morgan fingerprint density at radius 2 is 1.67 bits per heavy atom. The predicted molar refractivity (Wildman–Crippen MR) is 113 cm³/mol. The molecule has 0 bridgehead atoms. The second-order valence-electron chi connectivity index (χ2n) is 6.42. The molecule has 152 valence electrons. The lowest BCUT2D eigenvalue weighted by molar-refractivity contribution is -0.384. The molecule has 0 spiro atoms. The average molecular weight is 425 g/mol. The molecule has 1 amide bonds. The Labute approximate surface area is 177 Å². The van der Waals surface area contributed by atoms with Gasteiger partial charge in [0.05, 0.1) is 4.92 Å². The lowest BCUT2D eigenvalue weighted by Gasteiger charge is -2.14. The summed E-state index contributed by atoms with van der Waals surface area (Å²) >= 11 is 5.92. The van der Waals surface area contributed by atoms with E-state index < -0.39 is 16.9 Å². The van der Waals surface area contributed by atoms with Crippen molar-refractivity contribution in [2.75, 3.05) is 5.32 Å². The van der Waals surface area contributed by atoms with E-state index in [9.17, 15) is 19.7 Å². The Kier molecular flexibility index (Phi) is 6.44. The second kappa shape index (κ2) is 9.19. The molecular formula is C22H17ClN2O5. The van der Waals surface area contributed by atoms with E-state index in [1.165, 1.54) is 24.3 Å². The first-order valence-electron chi connectivity index (χ1n) is 8.96. The molecule has 3 aromatic rings. The van der Waals surface area contributed by atoms with Crippen LogP contribution in [-0.4, -0.2) is 22.7 Å². The van der Waals surface area contributed by atoms with Crippen LogP contribution in [0.1, 0.15) is 27.6 Å². The normalized spacial score (nSPS) is 11.4. The van der Waals surface area contributed by atoms with Crippen molar-refractivity contribution in [3.8, 4) is 5.75 Å². The minimum absolute atomic E-state index is 0.162. The molecule has 0 unspecified atom stereocenters. The number of rotatable bonds is 7. The lowest BCUT2D eigenvalue weighted by atomic mass is 10.1. The van der Waals surface area contributed by atoms with Crippen molar-refractivity contribution < 1.29 is 19.2 Å². The molecule has 30 heavy (non-hydrogen) atoms. The molecule has 3 aromatic carbocycles. The van der Waals surface area contributed by atoms with Crippen LogP contribution in [0.25, 0.3) is 0 Å². The van der Waals surface area contributed by atoms with E-state index in [-0.39, 0.29) is 17.0 Å². The van der Waals surface area contributed by atoms with E-state index in [0.717, 1.165) is 0 Å². The SMILES string of the molecule is C[C@@H](Oc1ccc(NC(=O)c2cccc([N+](=O)[O-])c2)cc1)C(=O)c1cccc(Cl)c1. The fraction of sp³-hybridized carbons (Fsp3) is 0.0909. The van der Waals surface area contributed by atoms with Crippen LogP contribution in [-0.2, 0) is 0 Å². The van der Waals surface area contributed by atoms with Crippen molar-refractivity contribution in [1.29, 1.82) is 0 Å².